The fourth-order valence-corrected chi connectivity index (χ4v) is 3.67. The van der Waals surface area contributed by atoms with Gasteiger partial charge in [0.25, 0.3) is 5.91 Å². The Hall–Kier alpha value is -2.26. The number of H-pyrrole nitrogens is 1. The fraction of sp³-hybridized carbons (Fsp3) is 0.250. The Bertz CT molecular complexity index is 913. The van der Waals surface area contributed by atoms with Crippen molar-refractivity contribution in [3.05, 3.63) is 69.9 Å². The van der Waals surface area contributed by atoms with Crippen LogP contribution in [-0.4, -0.2) is 10.9 Å². The van der Waals surface area contributed by atoms with Crippen LogP contribution in [0.15, 0.2) is 42.5 Å². The van der Waals surface area contributed by atoms with Crippen LogP contribution in [0.5, 0.6) is 0 Å². The van der Waals surface area contributed by atoms with Gasteiger partial charge in [0.1, 0.15) is 0 Å². The largest absolute Gasteiger partial charge is 0.358 e. The van der Waals surface area contributed by atoms with Gasteiger partial charge >= 0.3 is 0 Å². The van der Waals surface area contributed by atoms with Gasteiger partial charge in [0.05, 0.1) is 0 Å². The number of amides is 1. The van der Waals surface area contributed by atoms with Crippen LogP contribution < -0.4 is 5.32 Å². The minimum absolute atomic E-state index is 0.103. The molecule has 0 atom stereocenters. The lowest BCUT2D eigenvalue weighted by atomic mass is 9.95. The molecule has 122 valence electrons. The molecular weight excluding hydrogens is 320 g/mol. The number of aromatic amines is 1. The van der Waals surface area contributed by atoms with E-state index in [9.17, 15) is 4.79 Å². The van der Waals surface area contributed by atoms with E-state index in [0.29, 0.717) is 17.1 Å². The zero-order chi connectivity index (χ0) is 16.5. The zero-order valence-electron chi connectivity index (χ0n) is 13.4. The summed E-state index contributed by atoms with van der Waals surface area (Å²) in [5.41, 5.74) is 5.75. The topological polar surface area (TPSA) is 44.9 Å². The summed E-state index contributed by atoms with van der Waals surface area (Å²) in [5, 5.41) is 4.85. The number of aromatic nitrogens is 1. The molecule has 0 saturated heterocycles. The lowest BCUT2D eigenvalue weighted by Crippen LogP contribution is -2.22. The van der Waals surface area contributed by atoms with Gasteiger partial charge in [-0.1, -0.05) is 23.7 Å². The summed E-state index contributed by atoms with van der Waals surface area (Å²) in [7, 11) is 0. The van der Waals surface area contributed by atoms with Gasteiger partial charge in [-0.25, -0.2) is 0 Å². The minimum atomic E-state index is -0.103. The molecule has 0 spiro atoms. The lowest BCUT2D eigenvalue weighted by Gasteiger charge is -2.11. The average Bonchev–Trinajstić information content (AvgIpc) is 2.97. The third-order valence-corrected chi connectivity index (χ3v) is 4.94. The standard InChI is InChI=1S/C20H19ClN2O/c21-15-5-3-4-14(11-15)20(24)22-12-13-8-9-19-17(10-13)16-6-1-2-7-18(16)23-19/h3-5,8-11,23H,1-2,6-7,12H2,(H,22,24). The van der Waals surface area contributed by atoms with Gasteiger partial charge in [-0.2, -0.15) is 0 Å². The van der Waals surface area contributed by atoms with Crippen LogP contribution in [0, 0.1) is 0 Å². The average molecular weight is 339 g/mol. The number of hydrogen-bond acceptors (Lipinski definition) is 1. The monoisotopic (exact) mass is 338 g/mol. The summed E-state index contributed by atoms with van der Waals surface area (Å²) in [4.78, 5) is 15.8. The first kappa shape index (κ1) is 15.3. The van der Waals surface area contributed by atoms with Gasteiger partial charge in [-0.05, 0) is 67.1 Å². The molecule has 0 saturated carbocycles. The SMILES string of the molecule is O=C(NCc1ccc2[nH]c3c(c2c1)CCCC3)c1cccc(Cl)c1. The molecule has 1 aliphatic carbocycles. The highest BCUT2D eigenvalue weighted by Crippen LogP contribution is 2.29. The van der Waals surface area contributed by atoms with Crippen molar-refractivity contribution < 1.29 is 4.79 Å². The molecule has 1 amide bonds. The summed E-state index contributed by atoms with van der Waals surface area (Å²) in [6, 6.07) is 13.4. The van der Waals surface area contributed by atoms with Crippen LogP contribution in [0.3, 0.4) is 0 Å². The van der Waals surface area contributed by atoms with E-state index in [1.54, 1.807) is 24.3 Å². The van der Waals surface area contributed by atoms with Crippen molar-refractivity contribution >= 4 is 28.4 Å². The van der Waals surface area contributed by atoms with Crippen LogP contribution in [0.2, 0.25) is 5.02 Å². The highest BCUT2D eigenvalue weighted by Gasteiger charge is 2.15. The molecule has 0 radical (unpaired) electrons. The first-order valence-electron chi connectivity index (χ1n) is 8.37. The minimum Gasteiger partial charge on any atom is -0.358 e. The molecule has 0 fully saturated rings. The Morgan fingerprint density at radius 1 is 1.12 bits per heavy atom. The first-order chi connectivity index (χ1) is 11.7. The van der Waals surface area contributed by atoms with E-state index in [-0.39, 0.29) is 5.91 Å². The molecule has 2 aromatic carbocycles. The number of hydrogen-bond donors (Lipinski definition) is 2. The fourth-order valence-electron chi connectivity index (χ4n) is 3.48. The maximum Gasteiger partial charge on any atom is 0.251 e. The summed E-state index contributed by atoms with van der Waals surface area (Å²) in [5.74, 6) is -0.103. The predicted molar refractivity (Wildman–Crippen MR) is 97.6 cm³/mol. The number of nitrogens with one attached hydrogen (secondary N) is 2. The molecule has 2 N–H and O–H groups in total. The van der Waals surface area contributed by atoms with Crippen molar-refractivity contribution in [3.63, 3.8) is 0 Å². The number of benzene rings is 2. The van der Waals surface area contributed by atoms with E-state index in [0.717, 1.165) is 18.4 Å². The van der Waals surface area contributed by atoms with Gasteiger partial charge in [0.15, 0.2) is 0 Å². The Kier molecular flexibility index (Phi) is 4.03. The summed E-state index contributed by atoms with van der Waals surface area (Å²) >= 11 is 5.94. The second kappa shape index (κ2) is 6.33. The molecule has 0 bridgehead atoms. The van der Waals surface area contributed by atoms with Gasteiger partial charge in [0.2, 0.25) is 0 Å². The Labute approximate surface area is 146 Å². The van der Waals surface area contributed by atoms with Crippen molar-refractivity contribution in [2.75, 3.05) is 0 Å². The molecular formula is C20H19ClN2O. The van der Waals surface area contributed by atoms with E-state index in [2.05, 4.69) is 28.5 Å². The van der Waals surface area contributed by atoms with Crippen molar-refractivity contribution in [2.45, 2.75) is 32.2 Å². The van der Waals surface area contributed by atoms with Gasteiger partial charge < -0.3 is 10.3 Å². The van der Waals surface area contributed by atoms with Crippen LogP contribution >= 0.6 is 11.6 Å². The van der Waals surface area contributed by atoms with Gasteiger partial charge in [-0.3, -0.25) is 4.79 Å². The molecule has 0 aliphatic heterocycles. The molecule has 3 nitrogen and oxygen atoms in total. The van der Waals surface area contributed by atoms with E-state index in [1.165, 1.54) is 35.0 Å². The zero-order valence-corrected chi connectivity index (χ0v) is 14.1. The number of halogens is 1. The maximum atomic E-state index is 12.2. The molecule has 1 aromatic heterocycles. The highest BCUT2D eigenvalue weighted by molar-refractivity contribution is 6.30. The smallest absolute Gasteiger partial charge is 0.251 e. The number of rotatable bonds is 3. The Balaban J connectivity index is 1.53. The number of carbonyl (C=O) groups is 1. The van der Waals surface area contributed by atoms with Crippen molar-refractivity contribution in [3.8, 4) is 0 Å². The van der Waals surface area contributed by atoms with Crippen LogP contribution in [-0.2, 0) is 19.4 Å². The summed E-state index contributed by atoms with van der Waals surface area (Å²) in [6.45, 7) is 0.515. The number of carbonyl (C=O) groups excluding carboxylic acids is 1. The third-order valence-electron chi connectivity index (χ3n) is 4.70. The van der Waals surface area contributed by atoms with Crippen molar-refractivity contribution in [1.82, 2.24) is 10.3 Å². The third kappa shape index (κ3) is 2.92. The second-order valence-corrected chi connectivity index (χ2v) is 6.80. The van der Waals surface area contributed by atoms with E-state index >= 15 is 0 Å². The second-order valence-electron chi connectivity index (χ2n) is 6.36. The van der Waals surface area contributed by atoms with Crippen molar-refractivity contribution in [2.24, 2.45) is 0 Å². The van der Waals surface area contributed by atoms with Crippen LogP contribution in [0.1, 0.15) is 40.0 Å². The van der Waals surface area contributed by atoms with Crippen molar-refractivity contribution in [1.29, 1.82) is 0 Å². The predicted octanol–water partition coefficient (Wildman–Crippen LogP) is 4.63. The quantitative estimate of drug-likeness (QED) is 0.718. The van der Waals surface area contributed by atoms with Crippen LogP contribution in [0.25, 0.3) is 10.9 Å². The van der Waals surface area contributed by atoms with Gasteiger partial charge in [0, 0.05) is 33.7 Å². The number of fused-ring (bicyclic) bond motifs is 3. The maximum absolute atomic E-state index is 12.2. The molecule has 0 unspecified atom stereocenters. The summed E-state index contributed by atoms with van der Waals surface area (Å²) in [6.07, 6.45) is 4.82. The highest BCUT2D eigenvalue weighted by atomic mass is 35.5. The molecule has 24 heavy (non-hydrogen) atoms. The molecule has 4 rings (SSSR count). The van der Waals surface area contributed by atoms with E-state index in [4.69, 9.17) is 11.6 Å². The van der Waals surface area contributed by atoms with E-state index < -0.39 is 0 Å². The lowest BCUT2D eigenvalue weighted by molar-refractivity contribution is 0.0951. The van der Waals surface area contributed by atoms with Gasteiger partial charge in [-0.15, -0.1) is 0 Å². The number of aryl methyl sites for hydroxylation is 2. The normalized spacial score (nSPS) is 13.7. The molecule has 3 aromatic rings. The van der Waals surface area contributed by atoms with Crippen LogP contribution in [0.4, 0.5) is 0 Å². The molecule has 4 heteroatoms. The Morgan fingerprint density at radius 3 is 2.88 bits per heavy atom. The first-order valence-corrected chi connectivity index (χ1v) is 8.74. The Morgan fingerprint density at radius 2 is 2.00 bits per heavy atom. The van der Waals surface area contributed by atoms with E-state index in [1.807, 2.05) is 0 Å². The molecule has 1 heterocycles. The summed E-state index contributed by atoms with van der Waals surface area (Å²) < 4.78 is 0. The molecule has 1 aliphatic rings.